The summed E-state index contributed by atoms with van der Waals surface area (Å²) in [7, 11) is -0.768. The van der Waals surface area contributed by atoms with E-state index in [0.717, 1.165) is 39.3 Å². The zero-order valence-corrected chi connectivity index (χ0v) is 13.7. The van der Waals surface area contributed by atoms with Crippen LogP contribution in [-0.2, 0) is 13.6 Å². The molecule has 1 aliphatic rings. The molecule has 0 unspecified atom stereocenters. The number of rotatable bonds is 9. The maximum Gasteiger partial charge on any atom is 0.211 e. The van der Waals surface area contributed by atoms with Crippen molar-refractivity contribution in [3.8, 4) is 0 Å². The van der Waals surface area contributed by atoms with Gasteiger partial charge in [-0.05, 0) is 38.5 Å². The van der Waals surface area contributed by atoms with Gasteiger partial charge in [0.15, 0.2) is 8.32 Å². The fourth-order valence-corrected chi connectivity index (χ4v) is 5.61. The molecule has 0 aromatic rings. The number of ether oxygens (including phenoxy) is 2. The molecule has 0 amide bonds. The predicted molar refractivity (Wildman–Crippen MR) is 74.0 cm³/mol. The minimum Gasteiger partial charge on any atom is -0.456 e. The molecule has 1 rings (SSSR count). The maximum absolute atomic E-state index is 5.82. The Morgan fingerprint density at radius 3 is 2.53 bits per heavy atom. The Hall–Kier alpha value is 0.314. The van der Waals surface area contributed by atoms with Gasteiger partial charge in [0.25, 0.3) is 0 Å². The van der Waals surface area contributed by atoms with E-state index in [0.29, 0.717) is 15.2 Å². The average Bonchev–Trinajstić information content (AvgIpc) is 2.21. The monoisotopic (exact) mass is 274 g/mol. The Balaban J connectivity index is 2.04. The molecule has 1 saturated heterocycles. The topological polar surface area (TPSA) is 27.7 Å². The second kappa shape index (κ2) is 7.04. The van der Waals surface area contributed by atoms with E-state index in [1.165, 1.54) is 6.04 Å². The lowest BCUT2D eigenvalue weighted by Gasteiger charge is -2.40. The summed E-state index contributed by atoms with van der Waals surface area (Å²) in [5.41, 5.74) is 0.328. The first-order valence-corrected chi connectivity index (χ1v) is 11.1. The molecule has 2 radical (unpaired) electrons. The van der Waals surface area contributed by atoms with Gasteiger partial charge in [-0.3, -0.25) is 0 Å². The van der Waals surface area contributed by atoms with Crippen LogP contribution < -0.4 is 0 Å². The number of hydrogen-bond acceptors (Lipinski definition) is 3. The van der Waals surface area contributed by atoms with Crippen molar-refractivity contribution in [3.05, 3.63) is 0 Å². The molecular formula is C12H26O3Si2. The summed E-state index contributed by atoms with van der Waals surface area (Å²) >= 11 is 0. The van der Waals surface area contributed by atoms with Gasteiger partial charge in [-0.15, -0.1) is 0 Å². The van der Waals surface area contributed by atoms with Gasteiger partial charge in [0.2, 0.25) is 9.76 Å². The Kier molecular flexibility index (Phi) is 6.36. The van der Waals surface area contributed by atoms with E-state index >= 15 is 0 Å². The quantitative estimate of drug-likeness (QED) is 0.478. The van der Waals surface area contributed by atoms with E-state index in [9.17, 15) is 0 Å². The molecule has 0 aromatic carbocycles. The first-order valence-electron chi connectivity index (χ1n) is 6.54. The Bertz CT molecular complexity index is 212. The molecule has 0 saturated carbocycles. The van der Waals surface area contributed by atoms with Crippen molar-refractivity contribution in [3.63, 3.8) is 0 Å². The second-order valence-corrected chi connectivity index (χ2v) is 10.8. The highest BCUT2D eigenvalue weighted by molar-refractivity contribution is 6.74. The van der Waals surface area contributed by atoms with E-state index in [-0.39, 0.29) is 0 Å². The standard InChI is InChI=1S/C12H26O3Si2/c1-5-12(10-14-11-12)9-13-7-6-8-17(3,4)15-16-2/h5-11H2,1-4H3. The van der Waals surface area contributed by atoms with Gasteiger partial charge in [0.05, 0.1) is 19.8 Å². The van der Waals surface area contributed by atoms with Crippen LogP contribution in [0.4, 0.5) is 0 Å². The Morgan fingerprint density at radius 1 is 1.35 bits per heavy atom. The van der Waals surface area contributed by atoms with Crippen LogP contribution in [0.2, 0.25) is 25.7 Å². The van der Waals surface area contributed by atoms with Crippen molar-refractivity contribution in [1.29, 1.82) is 0 Å². The zero-order valence-electron chi connectivity index (χ0n) is 11.7. The predicted octanol–water partition coefficient (Wildman–Crippen LogP) is 2.71. The van der Waals surface area contributed by atoms with Crippen molar-refractivity contribution in [1.82, 2.24) is 0 Å². The van der Waals surface area contributed by atoms with Crippen LogP contribution in [0, 0.1) is 5.41 Å². The third kappa shape index (κ3) is 5.22. The molecule has 0 atom stereocenters. The summed E-state index contributed by atoms with van der Waals surface area (Å²) < 4.78 is 16.9. The normalized spacial score (nSPS) is 19.1. The fraction of sp³-hybridized carbons (Fsp3) is 1.00. The van der Waals surface area contributed by atoms with Crippen molar-refractivity contribution >= 4 is 18.1 Å². The summed E-state index contributed by atoms with van der Waals surface area (Å²) in [6.45, 7) is 12.4. The van der Waals surface area contributed by atoms with Crippen molar-refractivity contribution in [2.45, 2.75) is 45.5 Å². The molecule has 0 aliphatic carbocycles. The first-order chi connectivity index (χ1) is 8.04. The maximum atomic E-state index is 5.82. The third-order valence-electron chi connectivity index (χ3n) is 3.42. The summed E-state index contributed by atoms with van der Waals surface area (Å²) in [6, 6.07) is 1.20. The minimum atomic E-state index is -1.39. The molecule has 5 heteroatoms. The summed E-state index contributed by atoms with van der Waals surface area (Å²) in [4.78, 5) is 0. The van der Waals surface area contributed by atoms with Crippen LogP contribution in [0.5, 0.6) is 0 Å². The molecule has 1 aliphatic heterocycles. The van der Waals surface area contributed by atoms with Gasteiger partial charge in [0, 0.05) is 12.0 Å². The lowest BCUT2D eigenvalue weighted by molar-refractivity contribution is -0.150. The minimum absolute atomic E-state index is 0.328. The van der Waals surface area contributed by atoms with Crippen LogP contribution in [0.15, 0.2) is 0 Å². The molecule has 3 nitrogen and oxygen atoms in total. The van der Waals surface area contributed by atoms with Crippen LogP contribution in [0.1, 0.15) is 19.8 Å². The van der Waals surface area contributed by atoms with Crippen LogP contribution >= 0.6 is 0 Å². The van der Waals surface area contributed by atoms with Gasteiger partial charge in [0.1, 0.15) is 0 Å². The van der Waals surface area contributed by atoms with E-state index in [4.69, 9.17) is 13.6 Å². The molecule has 100 valence electrons. The van der Waals surface area contributed by atoms with E-state index in [2.05, 4.69) is 26.6 Å². The number of hydrogen-bond donors (Lipinski definition) is 0. The van der Waals surface area contributed by atoms with E-state index < -0.39 is 8.32 Å². The van der Waals surface area contributed by atoms with Crippen molar-refractivity contribution in [2.75, 3.05) is 26.4 Å². The highest BCUT2D eigenvalue weighted by atomic mass is 28.4. The zero-order chi connectivity index (χ0) is 12.8. The fourth-order valence-electron chi connectivity index (χ4n) is 2.00. The highest BCUT2D eigenvalue weighted by Gasteiger charge is 2.36. The largest absolute Gasteiger partial charge is 0.456 e. The summed E-state index contributed by atoms with van der Waals surface area (Å²) in [5.74, 6) is 0. The van der Waals surface area contributed by atoms with Gasteiger partial charge in [-0.2, -0.15) is 0 Å². The van der Waals surface area contributed by atoms with Gasteiger partial charge < -0.3 is 13.6 Å². The third-order valence-corrected chi connectivity index (χ3v) is 8.01. The van der Waals surface area contributed by atoms with Gasteiger partial charge in [-0.1, -0.05) is 6.92 Å². The molecule has 0 aromatic heterocycles. The van der Waals surface area contributed by atoms with Gasteiger partial charge in [-0.25, -0.2) is 0 Å². The molecule has 0 bridgehead atoms. The Morgan fingerprint density at radius 2 is 2.06 bits per heavy atom. The van der Waals surface area contributed by atoms with Crippen LogP contribution in [0.3, 0.4) is 0 Å². The summed E-state index contributed by atoms with van der Waals surface area (Å²) in [5, 5.41) is 0. The molecular weight excluding hydrogens is 248 g/mol. The first kappa shape index (κ1) is 15.4. The Labute approximate surface area is 109 Å². The lowest BCUT2D eigenvalue weighted by Crippen LogP contribution is -2.45. The van der Waals surface area contributed by atoms with Crippen LogP contribution in [0.25, 0.3) is 0 Å². The van der Waals surface area contributed by atoms with E-state index in [1.54, 1.807) is 0 Å². The van der Waals surface area contributed by atoms with Crippen LogP contribution in [-0.4, -0.2) is 44.5 Å². The summed E-state index contributed by atoms with van der Waals surface area (Å²) in [6.07, 6.45) is 2.29. The molecule has 0 spiro atoms. The lowest BCUT2D eigenvalue weighted by atomic mass is 9.84. The average molecular weight is 275 g/mol. The molecule has 0 N–H and O–H groups in total. The highest BCUT2D eigenvalue weighted by Crippen LogP contribution is 2.31. The molecule has 17 heavy (non-hydrogen) atoms. The molecule has 1 heterocycles. The molecule has 1 fully saturated rings. The van der Waals surface area contributed by atoms with E-state index in [1.807, 2.05) is 0 Å². The smallest absolute Gasteiger partial charge is 0.211 e. The van der Waals surface area contributed by atoms with Crippen molar-refractivity contribution in [2.24, 2.45) is 5.41 Å². The van der Waals surface area contributed by atoms with Gasteiger partial charge >= 0.3 is 0 Å². The SMILES string of the molecule is CCC1(COCCC[Si](C)(C)O[Si]C)COC1. The second-order valence-electron chi connectivity index (χ2n) is 5.57. The van der Waals surface area contributed by atoms with Crippen molar-refractivity contribution < 1.29 is 13.6 Å².